The van der Waals surface area contributed by atoms with Crippen LogP contribution in [0, 0.1) is 0 Å². The summed E-state index contributed by atoms with van der Waals surface area (Å²) in [5.74, 6) is 0.293. The molecule has 1 saturated heterocycles. The second-order valence-corrected chi connectivity index (χ2v) is 7.00. The molecule has 3 nitrogen and oxygen atoms in total. The van der Waals surface area contributed by atoms with Crippen molar-refractivity contribution in [3.05, 3.63) is 0 Å². The van der Waals surface area contributed by atoms with Crippen molar-refractivity contribution in [2.24, 2.45) is 0 Å². The summed E-state index contributed by atoms with van der Waals surface area (Å²) in [5, 5.41) is 3.48. The lowest BCUT2D eigenvalue weighted by molar-refractivity contribution is -0.131. The maximum Gasteiger partial charge on any atom is 0.239 e. The van der Waals surface area contributed by atoms with Crippen LogP contribution in [0.2, 0.25) is 0 Å². The zero-order valence-corrected chi connectivity index (χ0v) is 12.5. The fourth-order valence-electron chi connectivity index (χ4n) is 3.11. The van der Waals surface area contributed by atoms with Crippen LogP contribution in [0.4, 0.5) is 0 Å². The number of hydrogen-bond donors (Lipinski definition) is 1. The van der Waals surface area contributed by atoms with Crippen molar-refractivity contribution < 1.29 is 4.79 Å². The molecule has 1 saturated carbocycles. The SMILES string of the molecule is CSC1(CNC(C)C(=O)N2CCCC2)CCCC1. The van der Waals surface area contributed by atoms with Crippen LogP contribution in [0.15, 0.2) is 0 Å². The van der Waals surface area contributed by atoms with Gasteiger partial charge in [-0.1, -0.05) is 12.8 Å². The molecular weight excluding hydrogens is 244 g/mol. The van der Waals surface area contributed by atoms with E-state index in [4.69, 9.17) is 0 Å². The molecule has 2 fully saturated rings. The average molecular weight is 270 g/mol. The Kier molecular flexibility index (Phi) is 4.96. The van der Waals surface area contributed by atoms with Crippen molar-refractivity contribution in [3.8, 4) is 0 Å². The van der Waals surface area contributed by atoms with E-state index in [2.05, 4.69) is 11.6 Å². The number of nitrogens with one attached hydrogen (secondary N) is 1. The van der Waals surface area contributed by atoms with Crippen LogP contribution in [0.25, 0.3) is 0 Å². The Hall–Kier alpha value is -0.220. The van der Waals surface area contributed by atoms with E-state index in [0.29, 0.717) is 10.7 Å². The molecule has 1 heterocycles. The van der Waals surface area contributed by atoms with Gasteiger partial charge in [0.15, 0.2) is 0 Å². The average Bonchev–Trinajstić information content (AvgIpc) is 3.06. The molecule has 1 N–H and O–H groups in total. The smallest absolute Gasteiger partial charge is 0.239 e. The van der Waals surface area contributed by atoms with Crippen LogP contribution in [0.5, 0.6) is 0 Å². The molecule has 0 aromatic rings. The molecule has 18 heavy (non-hydrogen) atoms. The molecule has 1 amide bonds. The Labute approximate surface area is 115 Å². The molecule has 1 aliphatic carbocycles. The number of carbonyl (C=O) groups is 1. The van der Waals surface area contributed by atoms with E-state index in [-0.39, 0.29) is 6.04 Å². The van der Waals surface area contributed by atoms with Gasteiger partial charge in [-0.25, -0.2) is 0 Å². The van der Waals surface area contributed by atoms with Gasteiger partial charge in [0.2, 0.25) is 5.91 Å². The van der Waals surface area contributed by atoms with Gasteiger partial charge in [-0.3, -0.25) is 4.79 Å². The van der Waals surface area contributed by atoms with Crippen molar-refractivity contribution in [1.29, 1.82) is 0 Å². The first kappa shape index (κ1) is 14.2. The minimum absolute atomic E-state index is 0.0206. The van der Waals surface area contributed by atoms with Crippen LogP contribution in [0.3, 0.4) is 0 Å². The Morgan fingerprint density at radius 3 is 2.44 bits per heavy atom. The molecule has 2 rings (SSSR count). The molecule has 4 heteroatoms. The standard InChI is InChI=1S/C14H26N2OS/c1-12(13(17)16-9-5-6-10-16)15-11-14(18-2)7-3-4-8-14/h12,15H,3-11H2,1-2H3. The minimum Gasteiger partial charge on any atom is -0.341 e. The monoisotopic (exact) mass is 270 g/mol. The van der Waals surface area contributed by atoms with E-state index in [1.807, 2.05) is 23.6 Å². The molecule has 0 bridgehead atoms. The second-order valence-electron chi connectivity index (χ2n) is 5.73. The Balaban J connectivity index is 1.79. The van der Waals surface area contributed by atoms with E-state index in [9.17, 15) is 4.79 Å². The van der Waals surface area contributed by atoms with Crippen molar-refractivity contribution >= 4 is 17.7 Å². The molecule has 1 aliphatic heterocycles. The second kappa shape index (κ2) is 6.29. The maximum atomic E-state index is 12.2. The normalized spacial score (nSPS) is 24.4. The van der Waals surface area contributed by atoms with E-state index in [1.54, 1.807) is 0 Å². The topological polar surface area (TPSA) is 32.3 Å². The van der Waals surface area contributed by atoms with Crippen molar-refractivity contribution in [2.75, 3.05) is 25.9 Å². The lowest BCUT2D eigenvalue weighted by Crippen LogP contribution is -2.47. The van der Waals surface area contributed by atoms with Gasteiger partial charge in [0.1, 0.15) is 0 Å². The van der Waals surface area contributed by atoms with Gasteiger partial charge >= 0.3 is 0 Å². The first-order chi connectivity index (χ1) is 8.67. The summed E-state index contributed by atoms with van der Waals surface area (Å²) < 4.78 is 0.388. The number of hydrogen-bond acceptors (Lipinski definition) is 3. The Morgan fingerprint density at radius 1 is 1.28 bits per heavy atom. The van der Waals surface area contributed by atoms with E-state index in [1.165, 1.54) is 38.5 Å². The molecule has 0 radical (unpaired) electrons. The van der Waals surface area contributed by atoms with Gasteiger partial charge in [-0.05, 0) is 38.9 Å². The van der Waals surface area contributed by atoms with Gasteiger partial charge < -0.3 is 10.2 Å². The number of thioether (sulfide) groups is 1. The fourth-order valence-corrected chi connectivity index (χ4v) is 4.03. The molecule has 2 aliphatic rings. The van der Waals surface area contributed by atoms with Gasteiger partial charge in [0, 0.05) is 24.4 Å². The third-order valence-electron chi connectivity index (χ3n) is 4.47. The highest BCUT2D eigenvalue weighted by atomic mass is 32.2. The summed E-state index contributed by atoms with van der Waals surface area (Å²) >= 11 is 1.98. The van der Waals surface area contributed by atoms with Crippen LogP contribution >= 0.6 is 11.8 Å². The summed E-state index contributed by atoms with van der Waals surface area (Å²) in [6.07, 6.45) is 9.84. The molecule has 1 unspecified atom stereocenters. The number of rotatable bonds is 5. The molecular formula is C14H26N2OS. The number of nitrogens with zero attached hydrogens (tertiary/aromatic N) is 1. The molecule has 1 atom stereocenters. The summed E-state index contributed by atoms with van der Waals surface area (Å²) in [7, 11) is 0. The van der Waals surface area contributed by atoms with Crippen molar-refractivity contribution in [1.82, 2.24) is 10.2 Å². The first-order valence-electron chi connectivity index (χ1n) is 7.24. The fraction of sp³-hybridized carbons (Fsp3) is 0.929. The Morgan fingerprint density at radius 2 is 1.89 bits per heavy atom. The van der Waals surface area contributed by atoms with Crippen molar-refractivity contribution in [2.45, 2.75) is 56.2 Å². The van der Waals surface area contributed by atoms with E-state index < -0.39 is 0 Å². The van der Waals surface area contributed by atoms with E-state index in [0.717, 1.165) is 19.6 Å². The van der Waals surface area contributed by atoms with Crippen LogP contribution in [-0.4, -0.2) is 47.5 Å². The highest BCUT2D eigenvalue weighted by molar-refractivity contribution is 8.00. The number of amides is 1. The predicted octanol–water partition coefficient (Wildman–Crippen LogP) is 2.26. The van der Waals surface area contributed by atoms with Crippen LogP contribution in [-0.2, 0) is 4.79 Å². The molecule has 104 valence electrons. The summed E-state index contributed by atoms with van der Waals surface area (Å²) in [6, 6.07) is -0.0206. The minimum atomic E-state index is -0.0206. The summed E-state index contributed by atoms with van der Waals surface area (Å²) in [5.41, 5.74) is 0. The number of likely N-dealkylation sites (tertiary alicyclic amines) is 1. The quantitative estimate of drug-likeness (QED) is 0.832. The lowest BCUT2D eigenvalue weighted by atomic mass is 10.1. The highest BCUT2D eigenvalue weighted by Gasteiger charge is 2.34. The van der Waals surface area contributed by atoms with Crippen molar-refractivity contribution in [3.63, 3.8) is 0 Å². The molecule has 0 spiro atoms. The zero-order valence-electron chi connectivity index (χ0n) is 11.7. The third-order valence-corrected chi connectivity index (χ3v) is 5.88. The Bertz CT molecular complexity index is 284. The molecule has 0 aromatic heterocycles. The van der Waals surface area contributed by atoms with Crippen LogP contribution in [0.1, 0.15) is 45.4 Å². The largest absolute Gasteiger partial charge is 0.341 e. The van der Waals surface area contributed by atoms with Gasteiger partial charge in [-0.15, -0.1) is 0 Å². The zero-order chi connectivity index (χ0) is 13.0. The van der Waals surface area contributed by atoms with Crippen LogP contribution < -0.4 is 5.32 Å². The first-order valence-corrected chi connectivity index (χ1v) is 8.47. The third kappa shape index (κ3) is 3.21. The van der Waals surface area contributed by atoms with E-state index >= 15 is 0 Å². The summed E-state index contributed by atoms with van der Waals surface area (Å²) in [6.45, 7) is 4.91. The predicted molar refractivity (Wildman–Crippen MR) is 78.0 cm³/mol. The van der Waals surface area contributed by atoms with Gasteiger partial charge in [0.05, 0.1) is 6.04 Å². The number of carbonyl (C=O) groups excluding carboxylic acids is 1. The van der Waals surface area contributed by atoms with Gasteiger partial charge in [0.25, 0.3) is 0 Å². The highest BCUT2D eigenvalue weighted by Crippen LogP contribution is 2.39. The maximum absolute atomic E-state index is 12.2. The van der Waals surface area contributed by atoms with Gasteiger partial charge in [-0.2, -0.15) is 11.8 Å². The molecule has 0 aromatic carbocycles. The lowest BCUT2D eigenvalue weighted by Gasteiger charge is -2.30. The summed E-state index contributed by atoms with van der Waals surface area (Å²) in [4.78, 5) is 14.2.